The topological polar surface area (TPSA) is 57.7 Å². The second-order valence-corrected chi connectivity index (χ2v) is 7.49. The fraction of sp³-hybridized carbons (Fsp3) is 0.562. The molecule has 122 valence electrons. The van der Waals surface area contributed by atoms with Gasteiger partial charge in [-0.3, -0.25) is 4.79 Å². The normalized spacial score (nSPS) is 17.9. The molecule has 22 heavy (non-hydrogen) atoms. The molecule has 6 heteroatoms. The van der Waals surface area contributed by atoms with E-state index in [0.717, 1.165) is 11.3 Å². The highest BCUT2D eigenvalue weighted by atomic mass is 32.2. The summed E-state index contributed by atoms with van der Waals surface area (Å²) in [6, 6.07) is 5.18. The Hall–Kier alpha value is -1.40. The van der Waals surface area contributed by atoms with Crippen LogP contribution in [0, 0.1) is 0 Å². The second kappa shape index (κ2) is 6.38. The average Bonchev–Trinajstić information content (AvgIpc) is 2.82. The minimum absolute atomic E-state index is 0.0746. The van der Waals surface area contributed by atoms with Crippen molar-refractivity contribution >= 4 is 21.6 Å². The zero-order chi connectivity index (χ0) is 16.5. The molecule has 0 radical (unpaired) electrons. The summed E-state index contributed by atoms with van der Waals surface area (Å²) in [5.41, 5.74) is 1.78. The summed E-state index contributed by atoms with van der Waals surface area (Å²) in [6.45, 7) is 8.40. The molecular weight excluding hydrogens is 300 g/mol. The predicted molar refractivity (Wildman–Crippen MR) is 87.5 cm³/mol. The summed E-state index contributed by atoms with van der Waals surface area (Å²) in [5, 5.41) is 0. The molecule has 2 rings (SSSR count). The van der Waals surface area contributed by atoms with Crippen molar-refractivity contribution in [3.63, 3.8) is 0 Å². The maximum atomic E-state index is 12.6. The van der Waals surface area contributed by atoms with Gasteiger partial charge < -0.3 is 4.90 Å². The van der Waals surface area contributed by atoms with Gasteiger partial charge in [-0.15, -0.1) is 0 Å². The van der Waals surface area contributed by atoms with Crippen molar-refractivity contribution in [3.05, 3.63) is 23.8 Å². The molecule has 1 atom stereocenters. The van der Waals surface area contributed by atoms with E-state index < -0.39 is 10.0 Å². The Labute approximate surface area is 133 Å². The zero-order valence-corrected chi connectivity index (χ0v) is 14.5. The first kappa shape index (κ1) is 17.0. The van der Waals surface area contributed by atoms with Gasteiger partial charge in [0, 0.05) is 31.2 Å². The highest BCUT2D eigenvalue weighted by Gasteiger charge is 2.32. The number of rotatable bonds is 5. The SMILES string of the molecule is CCC(=O)N1c2ccc(S(=O)(=O)N(CC)CC)cc2CC1C. The van der Waals surface area contributed by atoms with Crippen LogP contribution >= 0.6 is 0 Å². The van der Waals surface area contributed by atoms with Crippen LogP contribution in [-0.2, 0) is 21.2 Å². The standard InChI is InChI=1S/C16H24N2O3S/c1-5-16(19)18-12(4)10-13-11-14(8-9-15(13)18)22(20,21)17(6-2)7-3/h8-9,11-12H,5-7,10H2,1-4H3. The Morgan fingerprint density at radius 3 is 2.45 bits per heavy atom. The van der Waals surface area contributed by atoms with Gasteiger partial charge in [0.1, 0.15) is 0 Å². The first-order chi connectivity index (χ1) is 10.4. The van der Waals surface area contributed by atoms with Gasteiger partial charge in [0.05, 0.1) is 4.90 Å². The monoisotopic (exact) mass is 324 g/mol. The first-order valence-corrected chi connectivity index (χ1v) is 9.25. The molecule has 1 aromatic rings. The van der Waals surface area contributed by atoms with E-state index >= 15 is 0 Å². The van der Waals surface area contributed by atoms with E-state index in [1.807, 2.05) is 27.7 Å². The van der Waals surface area contributed by atoms with E-state index in [-0.39, 0.29) is 11.9 Å². The van der Waals surface area contributed by atoms with Crippen LogP contribution in [0.1, 0.15) is 39.7 Å². The lowest BCUT2D eigenvalue weighted by molar-refractivity contribution is -0.118. The number of hydrogen-bond acceptors (Lipinski definition) is 3. The third-order valence-electron chi connectivity index (χ3n) is 4.18. The lowest BCUT2D eigenvalue weighted by Gasteiger charge is -2.22. The number of benzene rings is 1. The summed E-state index contributed by atoms with van der Waals surface area (Å²) >= 11 is 0. The van der Waals surface area contributed by atoms with Crippen molar-refractivity contribution < 1.29 is 13.2 Å². The van der Waals surface area contributed by atoms with Gasteiger partial charge in [0.15, 0.2) is 0 Å². The highest BCUT2D eigenvalue weighted by Crippen LogP contribution is 2.34. The average molecular weight is 324 g/mol. The highest BCUT2D eigenvalue weighted by molar-refractivity contribution is 7.89. The van der Waals surface area contributed by atoms with Gasteiger partial charge in [-0.05, 0) is 37.1 Å². The molecule has 1 aromatic carbocycles. The Balaban J connectivity index is 2.43. The third-order valence-corrected chi connectivity index (χ3v) is 6.23. The number of anilines is 1. The van der Waals surface area contributed by atoms with Gasteiger partial charge >= 0.3 is 0 Å². The summed E-state index contributed by atoms with van der Waals surface area (Å²) in [4.78, 5) is 14.2. The van der Waals surface area contributed by atoms with Crippen LogP contribution in [0.4, 0.5) is 5.69 Å². The molecular formula is C16H24N2O3S. The second-order valence-electron chi connectivity index (χ2n) is 5.55. The van der Waals surface area contributed by atoms with Gasteiger partial charge in [-0.25, -0.2) is 8.42 Å². The van der Waals surface area contributed by atoms with Gasteiger partial charge in [0.2, 0.25) is 15.9 Å². The molecule has 0 spiro atoms. The molecule has 1 heterocycles. The first-order valence-electron chi connectivity index (χ1n) is 7.81. The molecule has 0 aromatic heterocycles. The third kappa shape index (κ3) is 2.77. The van der Waals surface area contributed by atoms with Crippen LogP contribution in [0.25, 0.3) is 0 Å². The Bertz CT molecular complexity index is 666. The maximum Gasteiger partial charge on any atom is 0.243 e. The number of carbonyl (C=O) groups excluding carboxylic acids is 1. The summed E-state index contributed by atoms with van der Waals surface area (Å²) in [7, 11) is -3.45. The number of sulfonamides is 1. The van der Waals surface area contributed by atoms with E-state index in [4.69, 9.17) is 0 Å². The number of nitrogens with zero attached hydrogens (tertiary/aromatic N) is 2. The van der Waals surface area contributed by atoms with Crippen molar-refractivity contribution in [1.82, 2.24) is 4.31 Å². The number of carbonyl (C=O) groups is 1. The molecule has 0 N–H and O–H groups in total. The fourth-order valence-electron chi connectivity index (χ4n) is 3.03. The van der Waals surface area contributed by atoms with Crippen molar-refractivity contribution in [1.29, 1.82) is 0 Å². The van der Waals surface area contributed by atoms with Crippen molar-refractivity contribution in [2.45, 2.75) is 51.5 Å². The van der Waals surface area contributed by atoms with Gasteiger partial charge in [-0.2, -0.15) is 4.31 Å². The summed E-state index contributed by atoms with van der Waals surface area (Å²) < 4.78 is 26.6. The van der Waals surface area contributed by atoms with E-state index in [1.54, 1.807) is 23.1 Å². The lowest BCUT2D eigenvalue weighted by atomic mass is 10.1. The quantitative estimate of drug-likeness (QED) is 0.836. The van der Waals surface area contributed by atoms with Crippen molar-refractivity contribution in [3.8, 4) is 0 Å². The number of hydrogen-bond donors (Lipinski definition) is 0. The number of amides is 1. The van der Waals surface area contributed by atoms with Crippen LogP contribution < -0.4 is 4.90 Å². The van der Waals surface area contributed by atoms with Crippen LogP contribution in [0.2, 0.25) is 0 Å². The van der Waals surface area contributed by atoms with E-state index in [0.29, 0.717) is 30.8 Å². The largest absolute Gasteiger partial charge is 0.309 e. The van der Waals surface area contributed by atoms with Crippen molar-refractivity contribution in [2.75, 3.05) is 18.0 Å². The van der Waals surface area contributed by atoms with E-state index in [1.165, 1.54) is 4.31 Å². The molecule has 0 saturated heterocycles. The molecule has 0 bridgehead atoms. The molecule has 5 nitrogen and oxygen atoms in total. The molecule has 0 saturated carbocycles. The Morgan fingerprint density at radius 1 is 1.27 bits per heavy atom. The van der Waals surface area contributed by atoms with Gasteiger partial charge in [0.25, 0.3) is 0 Å². The minimum Gasteiger partial charge on any atom is -0.309 e. The van der Waals surface area contributed by atoms with E-state index in [9.17, 15) is 13.2 Å². The van der Waals surface area contributed by atoms with Crippen molar-refractivity contribution in [2.24, 2.45) is 0 Å². The molecule has 1 amide bonds. The maximum absolute atomic E-state index is 12.6. The van der Waals surface area contributed by atoms with E-state index in [2.05, 4.69) is 0 Å². The Morgan fingerprint density at radius 2 is 1.91 bits per heavy atom. The summed E-state index contributed by atoms with van der Waals surface area (Å²) in [6.07, 6.45) is 1.14. The zero-order valence-electron chi connectivity index (χ0n) is 13.7. The van der Waals surface area contributed by atoms with Crippen LogP contribution in [0.15, 0.2) is 23.1 Å². The smallest absolute Gasteiger partial charge is 0.243 e. The molecule has 0 fully saturated rings. The van der Waals surface area contributed by atoms with Gasteiger partial charge in [-0.1, -0.05) is 20.8 Å². The molecule has 1 aliphatic heterocycles. The minimum atomic E-state index is -3.45. The number of fused-ring (bicyclic) bond motifs is 1. The van der Waals surface area contributed by atoms with Crippen LogP contribution in [0.5, 0.6) is 0 Å². The molecule has 0 aliphatic carbocycles. The predicted octanol–water partition coefficient (Wildman–Crippen LogP) is 2.40. The summed E-state index contributed by atoms with van der Waals surface area (Å²) in [5.74, 6) is 0.0746. The van der Waals surface area contributed by atoms with Crippen LogP contribution in [0.3, 0.4) is 0 Å². The molecule has 1 aliphatic rings. The lowest BCUT2D eigenvalue weighted by Crippen LogP contribution is -2.35. The Kier molecular flexibility index (Phi) is 4.92. The van der Waals surface area contributed by atoms with Crippen LogP contribution in [-0.4, -0.2) is 37.8 Å². The molecule has 1 unspecified atom stereocenters. The fourth-order valence-corrected chi connectivity index (χ4v) is 4.54.